The van der Waals surface area contributed by atoms with E-state index in [9.17, 15) is 9.90 Å². The van der Waals surface area contributed by atoms with Gasteiger partial charge < -0.3 is 9.67 Å². The third-order valence-corrected chi connectivity index (χ3v) is 3.22. The molecule has 0 amide bonds. The number of aliphatic hydroxyl groups is 1. The average molecular weight is 226 g/mol. The minimum absolute atomic E-state index is 0.160. The normalized spacial score (nSPS) is 26.5. The predicted molar refractivity (Wildman–Crippen MR) is 59.4 cm³/mol. The molecule has 0 aliphatic heterocycles. The molecule has 4 nitrogen and oxygen atoms in total. The molecule has 1 aromatic heterocycles. The molecule has 0 spiro atoms. The zero-order chi connectivity index (χ0) is 10.8. The lowest BCUT2D eigenvalue weighted by Gasteiger charge is -2.27. The van der Waals surface area contributed by atoms with Gasteiger partial charge in [0.2, 0.25) is 0 Å². The van der Waals surface area contributed by atoms with Gasteiger partial charge in [-0.15, -0.1) is 0 Å². The molecule has 1 aliphatic carbocycles. The van der Waals surface area contributed by atoms with E-state index in [-0.39, 0.29) is 11.7 Å². The van der Waals surface area contributed by atoms with E-state index in [0.717, 1.165) is 25.7 Å². The number of aliphatic hydroxyl groups excluding tert-OH is 1. The maximum absolute atomic E-state index is 11.0. The monoisotopic (exact) mass is 226 g/mol. The van der Waals surface area contributed by atoms with Crippen LogP contribution in [-0.2, 0) is 0 Å². The van der Waals surface area contributed by atoms with Crippen LogP contribution in [0.4, 0.5) is 0 Å². The Morgan fingerprint density at radius 2 is 2.07 bits per heavy atom. The molecule has 1 aromatic rings. The van der Waals surface area contributed by atoms with Gasteiger partial charge in [0.15, 0.2) is 4.77 Å². The highest BCUT2D eigenvalue weighted by atomic mass is 32.1. The Morgan fingerprint density at radius 1 is 1.40 bits per heavy atom. The van der Waals surface area contributed by atoms with Crippen LogP contribution in [0.25, 0.3) is 0 Å². The zero-order valence-electron chi connectivity index (χ0n) is 8.35. The number of H-pyrrole nitrogens is 1. The Bertz CT molecular complexity index is 443. The fourth-order valence-electron chi connectivity index (χ4n) is 2.05. The number of hydrogen-bond donors (Lipinski definition) is 2. The number of nitrogens with one attached hydrogen (secondary N) is 1. The Morgan fingerprint density at radius 3 is 2.67 bits per heavy atom. The molecule has 1 saturated carbocycles. The van der Waals surface area contributed by atoms with E-state index in [1.807, 2.05) is 4.57 Å². The zero-order valence-corrected chi connectivity index (χ0v) is 9.17. The van der Waals surface area contributed by atoms with Gasteiger partial charge in [0, 0.05) is 18.3 Å². The van der Waals surface area contributed by atoms with Crippen molar-refractivity contribution in [1.82, 2.24) is 9.55 Å². The molecule has 1 heterocycles. The summed E-state index contributed by atoms with van der Waals surface area (Å²) in [6.07, 6.45) is 5.03. The smallest absolute Gasteiger partial charge is 0.251 e. The van der Waals surface area contributed by atoms with Crippen LogP contribution < -0.4 is 5.56 Å². The van der Waals surface area contributed by atoms with Crippen molar-refractivity contribution >= 4 is 12.2 Å². The third kappa shape index (κ3) is 2.35. The minimum Gasteiger partial charge on any atom is -0.393 e. The van der Waals surface area contributed by atoms with E-state index in [1.165, 1.54) is 6.07 Å². The number of rotatable bonds is 1. The lowest BCUT2D eigenvalue weighted by atomic mass is 9.93. The quantitative estimate of drug-likeness (QED) is 0.711. The Kier molecular flexibility index (Phi) is 3.02. The largest absolute Gasteiger partial charge is 0.393 e. The molecule has 0 atom stereocenters. The van der Waals surface area contributed by atoms with Gasteiger partial charge in [-0.1, -0.05) is 0 Å². The van der Waals surface area contributed by atoms with E-state index in [4.69, 9.17) is 12.2 Å². The van der Waals surface area contributed by atoms with Gasteiger partial charge in [0.05, 0.1) is 6.10 Å². The number of aromatic nitrogens is 2. The lowest BCUT2D eigenvalue weighted by molar-refractivity contribution is 0.110. The van der Waals surface area contributed by atoms with Gasteiger partial charge in [-0.3, -0.25) is 9.78 Å². The molecule has 0 unspecified atom stereocenters. The van der Waals surface area contributed by atoms with Crippen LogP contribution in [0.15, 0.2) is 17.1 Å². The molecule has 0 bridgehead atoms. The lowest BCUT2D eigenvalue weighted by Crippen LogP contribution is -2.23. The summed E-state index contributed by atoms with van der Waals surface area (Å²) < 4.78 is 2.40. The molecule has 1 fully saturated rings. The summed E-state index contributed by atoms with van der Waals surface area (Å²) in [4.78, 5) is 13.6. The Balaban J connectivity index is 2.23. The maximum Gasteiger partial charge on any atom is 0.251 e. The molecule has 2 N–H and O–H groups in total. The first kappa shape index (κ1) is 10.6. The summed E-state index contributed by atoms with van der Waals surface area (Å²) in [5.41, 5.74) is -0.160. The summed E-state index contributed by atoms with van der Waals surface area (Å²) in [6.45, 7) is 0. The van der Waals surface area contributed by atoms with E-state index >= 15 is 0 Å². The second-order valence-corrected chi connectivity index (χ2v) is 4.37. The highest BCUT2D eigenvalue weighted by molar-refractivity contribution is 7.71. The second-order valence-electron chi connectivity index (χ2n) is 3.98. The number of hydrogen-bond acceptors (Lipinski definition) is 3. The number of aromatic amines is 1. The molecule has 82 valence electrons. The highest BCUT2D eigenvalue weighted by Crippen LogP contribution is 2.27. The van der Waals surface area contributed by atoms with Crippen molar-refractivity contribution in [3.05, 3.63) is 27.4 Å². The van der Waals surface area contributed by atoms with Gasteiger partial charge in [0.25, 0.3) is 5.56 Å². The molecule has 0 saturated heterocycles. The topological polar surface area (TPSA) is 58.0 Å². The first-order valence-corrected chi connectivity index (χ1v) is 5.57. The number of nitrogens with zero attached hydrogens (tertiary/aromatic N) is 1. The van der Waals surface area contributed by atoms with Crippen LogP contribution in [0.2, 0.25) is 0 Å². The van der Waals surface area contributed by atoms with Gasteiger partial charge in [0.1, 0.15) is 0 Å². The van der Waals surface area contributed by atoms with Crippen molar-refractivity contribution < 1.29 is 5.11 Å². The van der Waals surface area contributed by atoms with Crippen LogP contribution in [0.1, 0.15) is 31.7 Å². The summed E-state index contributed by atoms with van der Waals surface area (Å²) in [5.74, 6) is 0. The minimum atomic E-state index is -0.168. The Labute approximate surface area is 92.6 Å². The van der Waals surface area contributed by atoms with E-state index < -0.39 is 0 Å². The van der Waals surface area contributed by atoms with Gasteiger partial charge in [-0.2, -0.15) is 0 Å². The fraction of sp³-hybridized carbons (Fsp3) is 0.600. The summed E-state index contributed by atoms with van der Waals surface area (Å²) in [7, 11) is 0. The fourth-order valence-corrected chi connectivity index (χ4v) is 2.36. The van der Waals surface area contributed by atoms with Crippen molar-refractivity contribution in [2.45, 2.75) is 37.8 Å². The molecular formula is C10H14N2O2S. The molecule has 0 radical (unpaired) electrons. The molecule has 15 heavy (non-hydrogen) atoms. The standard InChI is InChI=1S/C10H14N2O2S/c13-8-3-1-7(2-4-8)12-6-5-9(14)11-10(12)15/h5-8,13H,1-4H2,(H,11,14,15). The van der Waals surface area contributed by atoms with Gasteiger partial charge >= 0.3 is 0 Å². The van der Waals surface area contributed by atoms with Crippen LogP contribution in [-0.4, -0.2) is 20.8 Å². The van der Waals surface area contributed by atoms with Gasteiger partial charge in [-0.25, -0.2) is 0 Å². The molecule has 2 rings (SSSR count). The summed E-state index contributed by atoms with van der Waals surface area (Å²) in [6, 6.07) is 1.80. The van der Waals surface area contributed by atoms with Gasteiger partial charge in [-0.05, 0) is 37.9 Å². The molecule has 0 aromatic carbocycles. The van der Waals surface area contributed by atoms with E-state index in [0.29, 0.717) is 10.8 Å². The second kappa shape index (κ2) is 4.28. The van der Waals surface area contributed by atoms with Crippen LogP contribution in [0, 0.1) is 4.77 Å². The van der Waals surface area contributed by atoms with Crippen molar-refractivity contribution in [2.75, 3.05) is 0 Å². The maximum atomic E-state index is 11.0. The van der Waals surface area contributed by atoms with Crippen LogP contribution in [0.3, 0.4) is 0 Å². The van der Waals surface area contributed by atoms with Crippen LogP contribution >= 0.6 is 12.2 Å². The Hall–Kier alpha value is -0.940. The van der Waals surface area contributed by atoms with Crippen molar-refractivity contribution in [1.29, 1.82) is 0 Å². The SMILES string of the molecule is O=c1ccn(C2CCC(O)CC2)c(=S)[nH]1. The third-order valence-electron chi connectivity index (χ3n) is 2.91. The van der Waals surface area contributed by atoms with Crippen molar-refractivity contribution in [3.8, 4) is 0 Å². The molecule has 1 aliphatic rings. The average Bonchev–Trinajstić information content (AvgIpc) is 2.20. The molecule has 5 heteroatoms. The van der Waals surface area contributed by atoms with E-state index in [1.54, 1.807) is 6.20 Å². The first-order valence-electron chi connectivity index (χ1n) is 5.16. The predicted octanol–water partition coefficient (Wildman–Crippen LogP) is 1.38. The molecular weight excluding hydrogens is 212 g/mol. The van der Waals surface area contributed by atoms with Crippen molar-refractivity contribution in [2.24, 2.45) is 0 Å². The first-order chi connectivity index (χ1) is 7.16. The summed E-state index contributed by atoms with van der Waals surface area (Å²) in [5, 5.41) is 9.39. The summed E-state index contributed by atoms with van der Waals surface area (Å²) >= 11 is 5.09. The van der Waals surface area contributed by atoms with E-state index in [2.05, 4.69) is 4.98 Å². The van der Waals surface area contributed by atoms with Crippen molar-refractivity contribution in [3.63, 3.8) is 0 Å². The van der Waals surface area contributed by atoms with Crippen LogP contribution in [0.5, 0.6) is 0 Å². The highest BCUT2D eigenvalue weighted by Gasteiger charge is 2.20.